The van der Waals surface area contributed by atoms with Gasteiger partial charge in [-0.3, -0.25) is 0 Å². The molecule has 0 saturated heterocycles. The second-order valence-electron chi connectivity index (χ2n) is 2.19. The van der Waals surface area contributed by atoms with E-state index in [0.717, 1.165) is 6.07 Å². The Hall–Kier alpha value is -0.100. The molecule has 0 amide bonds. The lowest BCUT2D eigenvalue weighted by Crippen LogP contribution is -1.95. The van der Waals surface area contributed by atoms with Gasteiger partial charge in [-0.2, -0.15) is 0 Å². The zero-order valence-electron chi connectivity index (χ0n) is 5.92. The average molecular weight is 322 g/mol. The van der Waals surface area contributed by atoms with Crippen molar-refractivity contribution in [3.63, 3.8) is 0 Å². The molecule has 0 saturated carbocycles. The number of alkyl halides is 2. The summed E-state index contributed by atoms with van der Waals surface area (Å²) in [6.45, 7) is 0. The van der Waals surface area contributed by atoms with Gasteiger partial charge in [-0.15, -0.1) is 0 Å². The molecule has 0 aliphatic heterocycles. The van der Waals surface area contributed by atoms with E-state index in [2.05, 4.69) is 31.9 Å². The fraction of sp³-hybridized carbons (Fsp3) is 0.143. The maximum absolute atomic E-state index is 12.8. The van der Waals surface area contributed by atoms with Gasteiger partial charge in [0.15, 0.2) is 11.6 Å². The van der Waals surface area contributed by atoms with Crippen molar-refractivity contribution in [1.29, 1.82) is 0 Å². The first kappa shape index (κ1) is 11.0. The van der Waals surface area contributed by atoms with Gasteiger partial charge in [-0.1, -0.05) is 0 Å². The minimum absolute atomic E-state index is 0.316. The third kappa shape index (κ3) is 2.04. The first-order valence-corrected chi connectivity index (χ1v) is 4.64. The molecule has 0 aromatic heterocycles. The van der Waals surface area contributed by atoms with E-state index in [1.165, 1.54) is 0 Å². The second-order valence-corrected chi connectivity index (χ2v) is 3.84. The van der Waals surface area contributed by atoms with Crippen LogP contribution in [0.4, 0.5) is 17.6 Å². The molecule has 13 heavy (non-hydrogen) atoms. The van der Waals surface area contributed by atoms with Crippen molar-refractivity contribution in [1.82, 2.24) is 0 Å². The monoisotopic (exact) mass is 320 g/mol. The molecular weight excluding hydrogens is 320 g/mol. The van der Waals surface area contributed by atoms with Crippen molar-refractivity contribution < 1.29 is 17.6 Å². The minimum atomic E-state index is -2.85. The molecule has 6 heteroatoms. The maximum Gasteiger partial charge on any atom is 0.265 e. The van der Waals surface area contributed by atoms with Crippen molar-refractivity contribution in [2.45, 2.75) is 6.43 Å². The third-order valence-corrected chi connectivity index (χ3v) is 2.75. The Bertz CT molecular complexity index is 338. The van der Waals surface area contributed by atoms with Gasteiger partial charge in [-0.05, 0) is 37.9 Å². The first-order valence-electron chi connectivity index (χ1n) is 3.06. The van der Waals surface area contributed by atoms with Crippen LogP contribution in [0.5, 0.6) is 0 Å². The van der Waals surface area contributed by atoms with Crippen LogP contribution in [0.3, 0.4) is 0 Å². The van der Waals surface area contributed by atoms with Crippen molar-refractivity contribution in [2.24, 2.45) is 0 Å². The topological polar surface area (TPSA) is 0 Å². The predicted molar refractivity (Wildman–Crippen MR) is 46.7 cm³/mol. The van der Waals surface area contributed by atoms with Crippen LogP contribution in [-0.4, -0.2) is 0 Å². The molecule has 0 atom stereocenters. The first-order chi connectivity index (χ1) is 5.95. The van der Waals surface area contributed by atoms with Crippen LogP contribution in [0, 0.1) is 11.6 Å². The molecule has 1 aromatic rings. The largest absolute Gasteiger partial charge is 0.265 e. The summed E-state index contributed by atoms with van der Waals surface area (Å²) in [6, 6.07) is 0.840. The van der Waals surface area contributed by atoms with Crippen LogP contribution in [0.25, 0.3) is 0 Å². The van der Waals surface area contributed by atoms with E-state index < -0.39 is 28.1 Å². The van der Waals surface area contributed by atoms with Gasteiger partial charge in [0.05, 0.1) is 8.95 Å². The van der Waals surface area contributed by atoms with Crippen LogP contribution in [0.1, 0.15) is 12.0 Å². The lowest BCUT2D eigenvalue weighted by Gasteiger charge is -2.06. The Morgan fingerprint density at radius 1 is 1.08 bits per heavy atom. The van der Waals surface area contributed by atoms with Gasteiger partial charge in [-0.25, -0.2) is 17.6 Å². The molecule has 0 nitrogen and oxygen atoms in total. The average Bonchev–Trinajstić information content (AvgIpc) is 2.07. The van der Waals surface area contributed by atoms with E-state index in [4.69, 9.17) is 0 Å². The highest BCUT2D eigenvalue weighted by Crippen LogP contribution is 2.34. The van der Waals surface area contributed by atoms with E-state index in [1.807, 2.05) is 0 Å². The molecule has 72 valence electrons. The highest BCUT2D eigenvalue weighted by atomic mass is 79.9. The van der Waals surface area contributed by atoms with Crippen LogP contribution in [0.15, 0.2) is 15.0 Å². The van der Waals surface area contributed by atoms with Crippen LogP contribution < -0.4 is 0 Å². The smallest absolute Gasteiger partial charge is 0.205 e. The van der Waals surface area contributed by atoms with Gasteiger partial charge in [0.25, 0.3) is 6.43 Å². The summed E-state index contributed by atoms with van der Waals surface area (Å²) in [5.74, 6) is -2.50. The van der Waals surface area contributed by atoms with Crippen LogP contribution in [-0.2, 0) is 0 Å². The van der Waals surface area contributed by atoms with Crippen molar-refractivity contribution in [2.75, 3.05) is 0 Å². The summed E-state index contributed by atoms with van der Waals surface area (Å²) in [7, 11) is 0. The molecule has 0 bridgehead atoms. The predicted octanol–water partition coefficient (Wildman–Crippen LogP) is 4.43. The normalized spacial score (nSPS) is 11.0. The molecule has 0 unspecified atom stereocenters. The molecule has 1 rings (SSSR count). The second kappa shape index (κ2) is 3.96. The fourth-order valence-corrected chi connectivity index (χ4v) is 1.63. The summed E-state index contributed by atoms with van der Waals surface area (Å²) in [6.07, 6.45) is -2.85. The van der Waals surface area contributed by atoms with E-state index in [0.29, 0.717) is 0 Å². The Morgan fingerprint density at radius 2 is 1.62 bits per heavy atom. The van der Waals surface area contributed by atoms with E-state index in [1.54, 1.807) is 0 Å². The summed E-state index contributed by atoms with van der Waals surface area (Å²) < 4.78 is 49.1. The molecule has 0 fully saturated rings. The molecular formula is C7H2Br2F4. The Labute approximate surface area is 88.2 Å². The molecule has 0 N–H and O–H groups in total. The van der Waals surface area contributed by atoms with Crippen LogP contribution in [0.2, 0.25) is 0 Å². The Balaban J connectivity index is 3.41. The standard InChI is InChI=1S/C7H2Br2F4/c8-3-1-2(7(12)13)4(9)6(11)5(3)10/h1,7H. The fourth-order valence-electron chi connectivity index (χ4n) is 0.750. The minimum Gasteiger partial charge on any atom is -0.205 e. The van der Waals surface area contributed by atoms with E-state index >= 15 is 0 Å². The van der Waals surface area contributed by atoms with Crippen molar-refractivity contribution >= 4 is 31.9 Å². The molecule has 0 aliphatic carbocycles. The molecule has 1 aromatic carbocycles. The highest BCUT2D eigenvalue weighted by Gasteiger charge is 2.20. The number of hydrogen-bond donors (Lipinski definition) is 0. The van der Waals surface area contributed by atoms with Crippen LogP contribution >= 0.6 is 31.9 Å². The lowest BCUT2D eigenvalue weighted by molar-refractivity contribution is 0.149. The van der Waals surface area contributed by atoms with Gasteiger partial charge >= 0.3 is 0 Å². The summed E-state index contributed by atoms with van der Waals surface area (Å²) in [5.41, 5.74) is -0.578. The lowest BCUT2D eigenvalue weighted by atomic mass is 10.2. The number of hydrogen-bond acceptors (Lipinski definition) is 0. The highest BCUT2D eigenvalue weighted by molar-refractivity contribution is 9.11. The number of rotatable bonds is 1. The summed E-state index contributed by atoms with van der Waals surface area (Å²) in [5, 5.41) is 0. The number of halogens is 6. The van der Waals surface area contributed by atoms with E-state index in [-0.39, 0.29) is 4.47 Å². The zero-order chi connectivity index (χ0) is 10.2. The van der Waals surface area contributed by atoms with E-state index in [9.17, 15) is 17.6 Å². The quantitative estimate of drug-likeness (QED) is 0.408. The van der Waals surface area contributed by atoms with Gasteiger partial charge in [0.1, 0.15) is 0 Å². The molecule has 0 spiro atoms. The SMILES string of the molecule is Fc1c(Br)cc(C(F)F)c(Br)c1F. The summed E-state index contributed by atoms with van der Waals surface area (Å²) >= 11 is 5.18. The Kier molecular flexibility index (Phi) is 3.34. The molecule has 0 radical (unpaired) electrons. The zero-order valence-corrected chi connectivity index (χ0v) is 9.09. The molecule has 0 aliphatic rings. The van der Waals surface area contributed by atoms with Crippen molar-refractivity contribution in [3.8, 4) is 0 Å². The van der Waals surface area contributed by atoms with Gasteiger partial charge in [0.2, 0.25) is 0 Å². The van der Waals surface area contributed by atoms with Crippen molar-refractivity contribution in [3.05, 3.63) is 32.2 Å². The Morgan fingerprint density at radius 3 is 2.08 bits per heavy atom. The summed E-state index contributed by atoms with van der Waals surface area (Å²) in [4.78, 5) is 0. The van der Waals surface area contributed by atoms with Gasteiger partial charge in [0, 0.05) is 5.56 Å². The van der Waals surface area contributed by atoms with Gasteiger partial charge < -0.3 is 0 Å². The molecule has 0 heterocycles. The third-order valence-electron chi connectivity index (χ3n) is 1.37. The maximum atomic E-state index is 12.8. The number of benzene rings is 1.